The molecule has 0 saturated carbocycles. The van der Waals surface area contributed by atoms with Crippen LogP contribution in [0.2, 0.25) is 0 Å². The van der Waals surface area contributed by atoms with Gasteiger partial charge in [0.1, 0.15) is 5.75 Å². The Bertz CT molecular complexity index is 1140. The number of para-hydroxylation sites is 1. The number of carbonyl (C=O) groups is 1. The minimum atomic E-state index is -0.303. The second-order valence-electron chi connectivity index (χ2n) is 6.28. The molecule has 0 aliphatic heterocycles. The Morgan fingerprint density at radius 1 is 1.00 bits per heavy atom. The predicted octanol–water partition coefficient (Wildman–Crippen LogP) is 4.56. The summed E-state index contributed by atoms with van der Waals surface area (Å²) < 4.78 is 0. The maximum absolute atomic E-state index is 13.0. The van der Waals surface area contributed by atoms with Gasteiger partial charge >= 0.3 is 0 Å². The SMILES string of the molecule is Cc1ccc(NC(=O)c2cc(-c3ccncc3)nc3ccccc23)c(O)c1. The van der Waals surface area contributed by atoms with Crippen LogP contribution in [0.25, 0.3) is 22.2 Å². The van der Waals surface area contributed by atoms with Gasteiger partial charge in [-0.2, -0.15) is 0 Å². The van der Waals surface area contributed by atoms with Gasteiger partial charge < -0.3 is 10.4 Å². The first-order valence-corrected chi connectivity index (χ1v) is 8.53. The van der Waals surface area contributed by atoms with Crippen molar-refractivity contribution in [3.8, 4) is 17.0 Å². The largest absolute Gasteiger partial charge is 0.506 e. The van der Waals surface area contributed by atoms with Gasteiger partial charge in [0.2, 0.25) is 0 Å². The van der Waals surface area contributed by atoms with E-state index in [1.165, 1.54) is 0 Å². The van der Waals surface area contributed by atoms with E-state index in [1.807, 2.05) is 49.4 Å². The number of nitrogens with zero attached hydrogens (tertiary/aromatic N) is 2. The zero-order chi connectivity index (χ0) is 18.8. The maximum atomic E-state index is 13.0. The number of aromatic hydroxyl groups is 1. The summed E-state index contributed by atoms with van der Waals surface area (Å²) in [5.41, 5.74) is 4.08. The second kappa shape index (κ2) is 6.88. The number of hydrogen-bond acceptors (Lipinski definition) is 4. The summed E-state index contributed by atoms with van der Waals surface area (Å²) in [5, 5.41) is 13.6. The van der Waals surface area contributed by atoms with E-state index in [4.69, 9.17) is 0 Å². The van der Waals surface area contributed by atoms with Crippen LogP contribution in [-0.2, 0) is 0 Å². The van der Waals surface area contributed by atoms with Gasteiger partial charge in [0.15, 0.2) is 0 Å². The normalized spacial score (nSPS) is 10.7. The standard InChI is InChI=1S/C22H17N3O2/c1-14-6-7-19(21(26)12-14)25-22(27)17-13-20(15-8-10-23-11-9-15)24-18-5-3-2-4-16(17)18/h2-13,26H,1H3,(H,25,27). The lowest BCUT2D eigenvalue weighted by molar-refractivity contribution is 0.102. The number of rotatable bonds is 3. The fraction of sp³-hybridized carbons (Fsp3) is 0.0455. The first-order chi connectivity index (χ1) is 13.1. The fourth-order valence-corrected chi connectivity index (χ4v) is 2.97. The van der Waals surface area contributed by atoms with E-state index in [-0.39, 0.29) is 11.7 Å². The highest BCUT2D eigenvalue weighted by Gasteiger charge is 2.15. The number of benzene rings is 2. The molecular weight excluding hydrogens is 338 g/mol. The van der Waals surface area contributed by atoms with Crippen LogP contribution in [0.4, 0.5) is 5.69 Å². The lowest BCUT2D eigenvalue weighted by Gasteiger charge is -2.12. The Hall–Kier alpha value is -3.73. The number of anilines is 1. The number of aryl methyl sites for hydroxylation is 1. The topological polar surface area (TPSA) is 75.1 Å². The van der Waals surface area contributed by atoms with E-state index < -0.39 is 0 Å². The number of phenolic OH excluding ortho intramolecular Hbond substituents is 1. The van der Waals surface area contributed by atoms with Crippen LogP contribution in [0.5, 0.6) is 5.75 Å². The van der Waals surface area contributed by atoms with Gasteiger partial charge in [-0.1, -0.05) is 24.3 Å². The molecule has 0 unspecified atom stereocenters. The molecule has 132 valence electrons. The summed E-state index contributed by atoms with van der Waals surface area (Å²) in [5.74, 6) is -0.265. The van der Waals surface area contributed by atoms with Crippen LogP contribution in [0.1, 0.15) is 15.9 Å². The number of aromatic nitrogens is 2. The van der Waals surface area contributed by atoms with Crippen LogP contribution in [0, 0.1) is 6.92 Å². The molecule has 0 atom stereocenters. The zero-order valence-electron chi connectivity index (χ0n) is 14.7. The van der Waals surface area contributed by atoms with Gasteiger partial charge in [-0.15, -0.1) is 0 Å². The van der Waals surface area contributed by atoms with Crippen molar-refractivity contribution in [1.29, 1.82) is 0 Å². The van der Waals surface area contributed by atoms with Crippen LogP contribution in [0.3, 0.4) is 0 Å². The van der Waals surface area contributed by atoms with Gasteiger partial charge in [-0.3, -0.25) is 9.78 Å². The average Bonchev–Trinajstić information content (AvgIpc) is 2.70. The highest BCUT2D eigenvalue weighted by molar-refractivity contribution is 6.13. The number of carbonyl (C=O) groups excluding carboxylic acids is 1. The van der Waals surface area contributed by atoms with Crippen molar-refractivity contribution in [3.63, 3.8) is 0 Å². The highest BCUT2D eigenvalue weighted by Crippen LogP contribution is 2.28. The average molecular weight is 355 g/mol. The lowest BCUT2D eigenvalue weighted by atomic mass is 10.0. The molecule has 2 heterocycles. The van der Waals surface area contributed by atoms with Crippen LogP contribution >= 0.6 is 0 Å². The van der Waals surface area contributed by atoms with E-state index in [0.29, 0.717) is 16.9 Å². The molecule has 5 nitrogen and oxygen atoms in total. The number of phenols is 1. The predicted molar refractivity (Wildman–Crippen MR) is 106 cm³/mol. The molecule has 5 heteroatoms. The van der Waals surface area contributed by atoms with Gasteiger partial charge in [0.25, 0.3) is 5.91 Å². The maximum Gasteiger partial charge on any atom is 0.256 e. The highest BCUT2D eigenvalue weighted by atomic mass is 16.3. The summed E-state index contributed by atoms with van der Waals surface area (Å²) in [6, 6.07) is 18.1. The van der Waals surface area contributed by atoms with Crippen molar-refractivity contribution in [2.24, 2.45) is 0 Å². The number of hydrogen-bond donors (Lipinski definition) is 2. The molecule has 2 aromatic carbocycles. The number of nitrogens with one attached hydrogen (secondary N) is 1. The minimum absolute atomic E-state index is 0.0380. The van der Waals surface area contributed by atoms with Crippen LogP contribution < -0.4 is 5.32 Å². The van der Waals surface area contributed by atoms with Crippen molar-refractivity contribution in [2.45, 2.75) is 6.92 Å². The smallest absolute Gasteiger partial charge is 0.256 e. The third kappa shape index (κ3) is 3.35. The molecule has 2 N–H and O–H groups in total. The lowest BCUT2D eigenvalue weighted by Crippen LogP contribution is -2.13. The van der Waals surface area contributed by atoms with Crippen molar-refractivity contribution >= 4 is 22.5 Å². The van der Waals surface area contributed by atoms with Crippen LogP contribution in [0.15, 0.2) is 73.1 Å². The quantitative estimate of drug-likeness (QED) is 0.528. The summed E-state index contributed by atoms with van der Waals surface area (Å²) >= 11 is 0. The Morgan fingerprint density at radius 3 is 2.56 bits per heavy atom. The fourth-order valence-electron chi connectivity index (χ4n) is 2.97. The first-order valence-electron chi connectivity index (χ1n) is 8.53. The third-order valence-corrected chi connectivity index (χ3v) is 4.34. The Kier molecular flexibility index (Phi) is 4.26. The molecule has 2 aromatic heterocycles. The molecule has 0 bridgehead atoms. The summed E-state index contributed by atoms with van der Waals surface area (Å²) in [4.78, 5) is 21.7. The van der Waals surface area contributed by atoms with Crippen molar-refractivity contribution < 1.29 is 9.90 Å². The van der Waals surface area contributed by atoms with E-state index in [9.17, 15) is 9.90 Å². The molecule has 4 aromatic rings. The number of pyridine rings is 2. The molecule has 0 radical (unpaired) electrons. The van der Waals surface area contributed by atoms with Gasteiger partial charge in [0, 0.05) is 23.3 Å². The van der Waals surface area contributed by atoms with E-state index >= 15 is 0 Å². The monoisotopic (exact) mass is 355 g/mol. The molecule has 0 spiro atoms. The van der Waals surface area contributed by atoms with Crippen molar-refractivity contribution in [1.82, 2.24) is 9.97 Å². The number of amides is 1. The Morgan fingerprint density at radius 2 is 1.78 bits per heavy atom. The molecule has 0 aliphatic rings. The van der Waals surface area contributed by atoms with Crippen molar-refractivity contribution in [3.05, 3.63) is 84.2 Å². The summed E-state index contributed by atoms with van der Waals surface area (Å²) in [6.07, 6.45) is 3.38. The van der Waals surface area contributed by atoms with Crippen molar-refractivity contribution in [2.75, 3.05) is 5.32 Å². The Balaban J connectivity index is 1.81. The molecule has 27 heavy (non-hydrogen) atoms. The van der Waals surface area contributed by atoms with Gasteiger partial charge in [-0.05, 0) is 48.9 Å². The minimum Gasteiger partial charge on any atom is -0.506 e. The Labute approximate surface area is 156 Å². The first kappa shape index (κ1) is 16.7. The third-order valence-electron chi connectivity index (χ3n) is 4.34. The van der Waals surface area contributed by atoms with E-state index in [2.05, 4.69) is 15.3 Å². The molecule has 1 amide bonds. The second-order valence-corrected chi connectivity index (χ2v) is 6.28. The van der Waals surface area contributed by atoms with Gasteiger partial charge in [-0.25, -0.2) is 4.98 Å². The molecule has 0 saturated heterocycles. The molecule has 0 aliphatic carbocycles. The van der Waals surface area contributed by atoms with E-state index in [1.54, 1.807) is 30.6 Å². The molecule has 0 fully saturated rings. The summed E-state index contributed by atoms with van der Waals surface area (Å²) in [6.45, 7) is 1.88. The van der Waals surface area contributed by atoms with Gasteiger partial charge in [0.05, 0.1) is 22.5 Å². The van der Waals surface area contributed by atoms with Crippen LogP contribution in [-0.4, -0.2) is 21.0 Å². The van der Waals surface area contributed by atoms with E-state index in [0.717, 1.165) is 22.0 Å². The molecule has 4 rings (SSSR count). The molecular formula is C22H17N3O2. The summed E-state index contributed by atoms with van der Waals surface area (Å²) in [7, 11) is 0. The zero-order valence-corrected chi connectivity index (χ0v) is 14.7. The number of fused-ring (bicyclic) bond motifs is 1.